The van der Waals surface area contributed by atoms with Gasteiger partial charge in [0.2, 0.25) is 5.91 Å². The standard InChI is InChI=1S/C19H26N4O2S/c1-13(2)22-7-4-5-19(17(22)25)6-8-21(12-19)11-15-9-16(24)23-10-14(3)26-18(23)20-15/h9-10,13H,4-8,11-12H2,1-3H3/t19-/m1/s1. The van der Waals surface area contributed by atoms with E-state index in [0.29, 0.717) is 12.5 Å². The van der Waals surface area contributed by atoms with E-state index in [1.54, 1.807) is 10.5 Å². The second-order valence-corrected chi connectivity index (χ2v) is 9.23. The van der Waals surface area contributed by atoms with E-state index in [9.17, 15) is 9.59 Å². The molecule has 0 radical (unpaired) electrons. The first-order valence-electron chi connectivity index (χ1n) is 9.40. The van der Waals surface area contributed by atoms with Gasteiger partial charge in [-0.15, -0.1) is 11.3 Å². The third-order valence-corrected chi connectivity index (χ3v) is 6.64. The number of carbonyl (C=O) groups excluding carboxylic acids is 1. The van der Waals surface area contributed by atoms with Crippen molar-refractivity contribution < 1.29 is 4.79 Å². The van der Waals surface area contributed by atoms with Crippen LogP contribution in [0.25, 0.3) is 4.96 Å². The Balaban J connectivity index is 1.53. The molecular formula is C19H26N4O2S. The summed E-state index contributed by atoms with van der Waals surface area (Å²) in [6, 6.07) is 1.90. The van der Waals surface area contributed by atoms with Crippen LogP contribution in [0.1, 0.15) is 43.7 Å². The van der Waals surface area contributed by atoms with Crippen molar-refractivity contribution in [3.05, 3.63) is 33.2 Å². The highest BCUT2D eigenvalue weighted by Gasteiger charge is 2.48. The number of nitrogens with zero attached hydrogens (tertiary/aromatic N) is 4. The number of aryl methyl sites for hydroxylation is 1. The fourth-order valence-corrected chi connectivity index (χ4v) is 5.28. The van der Waals surface area contributed by atoms with E-state index in [1.807, 2.05) is 18.0 Å². The summed E-state index contributed by atoms with van der Waals surface area (Å²) in [5.41, 5.74) is 0.544. The lowest BCUT2D eigenvalue weighted by molar-refractivity contribution is -0.147. The zero-order valence-corrected chi connectivity index (χ0v) is 16.5. The lowest BCUT2D eigenvalue weighted by atomic mass is 9.78. The molecule has 2 saturated heterocycles. The number of aromatic nitrogens is 2. The van der Waals surface area contributed by atoms with E-state index in [4.69, 9.17) is 0 Å². The van der Waals surface area contributed by atoms with Gasteiger partial charge in [0.15, 0.2) is 4.96 Å². The first-order valence-corrected chi connectivity index (χ1v) is 10.2. The van der Waals surface area contributed by atoms with Gasteiger partial charge in [-0.1, -0.05) is 0 Å². The van der Waals surface area contributed by atoms with Gasteiger partial charge in [0.25, 0.3) is 5.56 Å². The minimum absolute atomic E-state index is 0.0250. The predicted molar refractivity (Wildman–Crippen MR) is 102 cm³/mol. The number of amides is 1. The molecule has 0 N–H and O–H groups in total. The molecule has 2 aromatic rings. The maximum absolute atomic E-state index is 13.1. The van der Waals surface area contributed by atoms with Crippen LogP contribution in [0.3, 0.4) is 0 Å². The molecule has 4 rings (SSSR count). The van der Waals surface area contributed by atoms with Crippen molar-refractivity contribution in [1.29, 1.82) is 0 Å². The SMILES string of the molecule is Cc1cn2c(=O)cc(CN3CC[C@]4(CCCN(C(C)C)C4=O)C3)nc2s1. The molecule has 0 bridgehead atoms. The second-order valence-electron chi connectivity index (χ2n) is 8.02. The number of carbonyl (C=O) groups is 1. The zero-order chi connectivity index (χ0) is 18.5. The molecule has 4 heterocycles. The van der Waals surface area contributed by atoms with E-state index in [-0.39, 0.29) is 17.0 Å². The maximum atomic E-state index is 13.1. The summed E-state index contributed by atoms with van der Waals surface area (Å²) in [4.78, 5) is 36.2. The molecule has 7 heteroatoms. The summed E-state index contributed by atoms with van der Waals surface area (Å²) >= 11 is 1.54. The van der Waals surface area contributed by atoms with Gasteiger partial charge in [-0.3, -0.25) is 18.9 Å². The highest BCUT2D eigenvalue weighted by Crippen LogP contribution is 2.41. The van der Waals surface area contributed by atoms with Gasteiger partial charge in [-0.2, -0.15) is 0 Å². The topological polar surface area (TPSA) is 57.9 Å². The van der Waals surface area contributed by atoms with Crippen LogP contribution < -0.4 is 5.56 Å². The Kier molecular flexibility index (Phi) is 4.39. The predicted octanol–water partition coefficient (Wildman–Crippen LogP) is 2.29. The van der Waals surface area contributed by atoms with Gasteiger partial charge in [0, 0.05) is 42.8 Å². The number of thiazole rings is 1. The third-order valence-electron chi connectivity index (χ3n) is 5.75. The Morgan fingerprint density at radius 3 is 2.85 bits per heavy atom. The number of fused-ring (bicyclic) bond motifs is 1. The molecular weight excluding hydrogens is 348 g/mol. The third kappa shape index (κ3) is 2.97. The van der Waals surface area contributed by atoms with Gasteiger partial charge >= 0.3 is 0 Å². The Bertz CT molecular complexity index is 903. The van der Waals surface area contributed by atoms with Crippen LogP contribution in [0, 0.1) is 12.3 Å². The first kappa shape index (κ1) is 17.7. The lowest BCUT2D eigenvalue weighted by Crippen LogP contribution is -2.52. The Labute approximate surface area is 157 Å². The van der Waals surface area contributed by atoms with Crippen molar-refractivity contribution in [2.24, 2.45) is 5.41 Å². The minimum Gasteiger partial charge on any atom is -0.340 e. The molecule has 1 amide bonds. The number of likely N-dealkylation sites (tertiary alicyclic amines) is 2. The second kappa shape index (κ2) is 6.46. The van der Waals surface area contributed by atoms with Crippen molar-refractivity contribution in [1.82, 2.24) is 19.2 Å². The summed E-state index contributed by atoms with van der Waals surface area (Å²) < 4.78 is 1.61. The summed E-state index contributed by atoms with van der Waals surface area (Å²) in [5, 5.41) is 0. The van der Waals surface area contributed by atoms with Crippen molar-refractivity contribution in [3.63, 3.8) is 0 Å². The molecule has 26 heavy (non-hydrogen) atoms. The molecule has 1 atom stereocenters. The van der Waals surface area contributed by atoms with Gasteiger partial charge in [0.05, 0.1) is 11.1 Å². The number of piperidine rings is 1. The van der Waals surface area contributed by atoms with Crippen molar-refractivity contribution in [3.8, 4) is 0 Å². The summed E-state index contributed by atoms with van der Waals surface area (Å²) in [5.74, 6) is 0.318. The van der Waals surface area contributed by atoms with Gasteiger partial charge in [0.1, 0.15) is 0 Å². The van der Waals surface area contributed by atoms with Crippen LogP contribution in [-0.4, -0.2) is 50.8 Å². The average Bonchev–Trinajstić information content (AvgIpc) is 3.14. The van der Waals surface area contributed by atoms with Crippen molar-refractivity contribution in [2.75, 3.05) is 19.6 Å². The maximum Gasteiger partial charge on any atom is 0.258 e. The van der Waals surface area contributed by atoms with E-state index < -0.39 is 0 Å². The fourth-order valence-electron chi connectivity index (χ4n) is 4.43. The van der Waals surface area contributed by atoms with Crippen LogP contribution in [-0.2, 0) is 11.3 Å². The van der Waals surface area contributed by atoms with Gasteiger partial charge in [-0.25, -0.2) is 4.98 Å². The molecule has 0 aliphatic carbocycles. The molecule has 2 aromatic heterocycles. The Morgan fingerprint density at radius 1 is 1.27 bits per heavy atom. The number of hydrogen-bond acceptors (Lipinski definition) is 5. The summed E-state index contributed by atoms with van der Waals surface area (Å²) in [6.07, 6.45) is 4.81. The van der Waals surface area contributed by atoms with Gasteiger partial charge < -0.3 is 4.90 Å². The van der Waals surface area contributed by atoms with Crippen LogP contribution in [0.4, 0.5) is 0 Å². The average molecular weight is 375 g/mol. The highest BCUT2D eigenvalue weighted by molar-refractivity contribution is 7.16. The quantitative estimate of drug-likeness (QED) is 0.827. The molecule has 0 aromatic carbocycles. The van der Waals surface area contributed by atoms with Crippen LogP contribution in [0.5, 0.6) is 0 Å². The van der Waals surface area contributed by atoms with Crippen LogP contribution in [0.2, 0.25) is 0 Å². The monoisotopic (exact) mass is 374 g/mol. The largest absolute Gasteiger partial charge is 0.340 e. The zero-order valence-electron chi connectivity index (χ0n) is 15.7. The smallest absolute Gasteiger partial charge is 0.258 e. The molecule has 2 fully saturated rings. The van der Waals surface area contributed by atoms with Crippen LogP contribution >= 0.6 is 11.3 Å². The molecule has 2 aliphatic rings. The molecule has 0 saturated carbocycles. The Hall–Kier alpha value is -1.73. The van der Waals surface area contributed by atoms with Crippen molar-refractivity contribution >= 4 is 22.2 Å². The van der Waals surface area contributed by atoms with E-state index >= 15 is 0 Å². The van der Waals surface area contributed by atoms with Crippen molar-refractivity contribution in [2.45, 2.75) is 52.6 Å². The highest BCUT2D eigenvalue weighted by atomic mass is 32.1. The van der Waals surface area contributed by atoms with E-state index in [2.05, 4.69) is 23.7 Å². The van der Waals surface area contributed by atoms with Crippen LogP contribution in [0.15, 0.2) is 17.1 Å². The molecule has 6 nitrogen and oxygen atoms in total. The normalized spacial score (nSPS) is 24.5. The lowest BCUT2D eigenvalue weighted by Gasteiger charge is -2.41. The molecule has 1 spiro atoms. The molecule has 0 unspecified atom stereocenters. The van der Waals surface area contributed by atoms with E-state index in [0.717, 1.165) is 54.4 Å². The fraction of sp³-hybridized carbons (Fsp3) is 0.632. The number of rotatable bonds is 3. The summed E-state index contributed by atoms with van der Waals surface area (Å²) in [6.45, 7) is 9.36. The Morgan fingerprint density at radius 2 is 2.08 bits per heavy atom. The first-order chi connectivity index (χ1) is 12.4. The summed E-state index contributed by atoms with van der Waals surface area (Å²) in [7, 11) is 0. The number of hydrogen-bond donors (Lipinski definition) is 0. The van der Waals surface area contributed by atoms with E-state index in [1.165, 1.54) is 11.3 Å². The minimum atomic E-state index is -0.235. The molecule has 2 aliphatic heterocycles. The van der Waals surface area contributed by atoms with Gasteiger partial charge in [-0.05, 0) is 46.6 Å². The molecule has 140 valence electrons.